The van der Waals surface area contributed by atoms with Gasteiger partial charge in [0.05, 0.1) is 6.54 Å². The monoisotopic (exact) mass is 229 g/mol. The van der Waals surface area contributed by atoms with Gasteiger partial charge in [0.25, 0.3) is 0 Å². The highest BCUT2D eigenvalue weighted by Crippen LogP contribution is 2.03. The van der Waals surface area contributed by atoms with Gasteiger partial charge in [-0.05, 0) is 32.4 Å². The Morgan fingerprint density at radius 3 is 2.56 bits per heavy atom. The molecule has 3 N–H and O–H groups in total. The van der Waals surface area contributed by atoms with Crippen molar-refractivity contribution < 1.29 is 4.79 Å². The van der Waals surface area contributed by atoms with Crippen LogP contribution >= 0.6 is 0 Å². The fourth-order valence-corrected chi connectivity index (χ4v) is 1.35. The van der Waals surface area contributed by atoms with E-state index in [1.165, 1.54) is 0 Å². The molecule has 0 rings (SSSR count). The van der Waals surface area contributed by atoms with E-state index in [2.05, 4.69) is 19.2 Å². The molecule has 96 valence electrons. The number of hydrogen-bond donors (Lipinski definition) is 2. The van der Waals surface area contributed by atoms with Crippen LogP contribution in [0.1, 0.15) is 33.6 Å². The van der Waals surface area contributed by atoms with Gasteiger partial charge in [-0.3, -0.25) is 9.69 Å². The third-order valence-corrected chi connectivity index (χ3v) is 2.69. The fourth-order valence-electron chi connectivity index (χ4n) is 1.35. The van der Waals surface area contributed by atoms with Crippen molar-refractivity contribution >= 4 is 5.91 Å². The van der Waals surface area contributed by atoms with Gasteiger partial charge in [-0.2, -0.15) is 0 Å². The Labute approximate surface area is 99.6 Å². The summed E-state index contributed by atoms with van der Waals surface area (Å²) < 4.78 is 0. The normalized spacial score (nSPS) is 13.2. The van der Waals surface area contributed by atoms with Crippen molar-refractivity contribution in [3.8, 4) is 0 Å². The Hall–Kier alpha value is -0.610. The van der Waals surface area contributed by atoms with Crippen molar-refractivity contribution in [1.82, 2.24) is 10.2 Å². The minimum absolute atomic E-state index is 0.0995. The smallest absolute Gasteiger partial charge is 0.234 e. The summed E-state index contributed by atoms with van der Waals surface area (Å²) in [4.78, 5) is 13.4. The molecule has 0 spiro atoms. The highest BCUT2D eigenvalue weighted by Gasteiger charge is 2.10. The fraction of sp³-hybridized carbons (Fsp3) is 0.917. The molecule has 0 aromatic rings. The van der Waals surface area contributed by atoms with Gasteiger partial charge in [-0.1, -0.05) is 20.8 Å². The number of amides is 1. The minimum Gasteiger partial charge on any atom is -0.355 e. The van der Waals surface area contributed by atoms with Crippen LogP contribution < -0.4 is 11.1 Å². The second kappa shape index (κ2) is 8.53. The Balaban J connectivity index is 3.65. The third-order valence-electron chi connectivity index (χ3n) is 2.69. The summed E-state index contributed by atoms with van der Waals surface area (Å²) in [7, 11) is 1.96. The third kappa shape index (κ3) is 7.65. The molecule has 0 fully saturated rings. The van der Waals surface area contributed by atoms with E-state index in [4.69, 9.17) is 5.73 Å². The average Bonchev–Trinajstić information content (AvgIpc) is 2.22. The van der Waals surface area contributed by atoms with Crippen LogP contribution in [0.25, 0.3) is 0 Å². The summed E-state index contributed by atoms with van der Waals surface area (Å²) >= 11 is 0. The van der Waals surface area contributed by atoms with Crippen LogP contribution in [-0.4, -0.2) is 43.5 Å². The number of nitrogens with zero attached hydrogens (tertiary/aromatic N) is 1. The molecule has 4 nitrogen and oxygen atoms in total. The molecule has 16 heavy (non-hydrogen) atoms. The molecular weight excluding hydrogens is 202 g/mol. The summed E-state index contributed by atoms with van der Waals surface area (Å²) in [5, 5.41) is 2.86. The lowest BCUT2D eigenvalue weighted by Crippen LogP contribution is -2.38. The van der Waals surface area contributed by atoms with E-state index in [0.29, 0.717) is 12.5 Å². The lowest BCUT2D eigenvalue weighted by atomic mass is 10.0. The highest BCUT2D eigenvalue weighted by atomic mass is 16.1. The molecule has 1 amide bonds. The zero-order valence-electron chi connectivity index (χ0n) is 11.1. The van der Waals surface area contributed by atoms with Crippen molar-refractivity contribution in [2.75, 3.05) is 26.7 Å². The first kappa shape index (κ1) is 15.4. The van der Waals surface area contributed by atoms with Crippen LogP contribution in [0, 0.1) is 5.92 Å². The molecule has 0 aliphatic carbocycles. The first-order valence-corrected chi connectivity index (χ1v) is 6.18. The van der Waals surface area contributed by atoms with E-state index in [1.54, 1.807) is 0 Å². The van der Waals surface area contributed by atoms with E-state index < -0.39 is 0 Å². The van der Waals surface area contributed by atoms with Crippen molar-refractivity contribution in [1.29, 1.82) is 0 Å². The second-order valence-electron chi connectivity index (χ2n) is 4.78. The van der Waals surface area contributed by atoms with Gasteiger partial charge in [0.15, 0.2) is 0 Å². The van der Waals surface area contributed by atoms with Gasteiger partial charge >= 0.3 is 0 Å². The molecule has 0 aliphatic heterocycles. The zero-order valence-corrected chi connectivity index (χ0v) is 11.1. The summed E-state index contributed by atoms with van der Waals surface area (Å²) in [5.74, 6) is 0.602. The molecule has 0 heterocycles. The molecule has 0 saturated heterocycles. The summed E-state index contributed by atoms with van der Waals surface area (Å²) in [6.07, 6.45) is 1.92. The molecule has 4 heteroatoms. The summed E-state index contributed by atoms with van der Waals surface area (Å²) in [6, 6.07) is 0.223. The number of likely N-dealkylation sites (N-methyl/N-ethyl adjacent to an activating group) is 1. The van der Waals surface area contributed by atoms with Gasteiger partial charge < -0.3 is 11.1 Å². The predicted molar refractivity (Wildman–Crippen MR) is 68.2 cm³/mol. The lowest BCUT2D eigenvalue weighted by Gasteiger charge is -2.20. The van der Waals surface area contributed by atoms with Crippen LogP contribution in [0.5, 0.6) is 0 Å². The Morgan fingerprint density at radius 2 is 2.06 bits per heavy atom. The molecule has 0 radical (unpaired) electrons. The Kier molecular flexibility index (Phi) is 8.21. The Morgan fingerprint density at radius 1 is 1.44 bits per heavy atom. The molecule has 1 atom stereocenters. The quantitative estimate of drug-likeness (QED) is 0.648. The number of carbonyl (C=O) groups excluding carboxylic acids is 1. The average molecular weight is 229 g/mol. The number of rotatable bonds is 8. The van der Waals surface area contributed by atoms with Crippen LogP contribution in [-0.2, 0) is 4.79 Å². The predicted octanol–water partition coefficient (Wildman–Crippen LogP) is 0.818. The standard InChI is InChI=1S/C12H27N3O/c1-5-7-14-12(16)9-15(4)8-6-11(13)10(2)3/h10-11H,5-9,13H2,1-4H3,(H,14,16). The summed E-state index contributed by atoms with van der Waals surface area (Å²) in [6.45, 7) is 8.39. The molecular formula is C12H27N3O. The van der Waals surface area contributed by atoms with Crippen molar-refractivity contribution in [2.45, 2.75) is 39.7 Å². The van der Waals surface area contributed by atoms with E-state index in [1.807, 2.05) is 18.9 Å². The maximum Gasteiger partial charge on any atom is 0.234 e. The van der Waals surface area contributed by atoms with Gasteiger partial charge in [0.2, 0.25) is 5.91 Å². The maximum absolute atomic E-state index is 11.4. The first-order valence-electron chi connectivity index (χ1n) is 6.18. The maximum atomic E-state index is 11.4. The van der Waals surface area contributed by atoms with Gasteiger partial charge in [-0.15, -0.1) is 0 Å². The van der Waals surface area contributed by atoms with E-state index >= 15 is 0 Å². The van der Waals surface area contributed by atoms with Crippen molar-refractivity contribution in [3.63, 3.8) is 0 Å². The van der Waals surface area contributed by atoms with Crippen LogP contribution in [0.15, 0.2) is 0 Å². The molecule has 0 aliphatic rings. The lowest BCUT2D eigenvalue weighted by molar-refractivity contribution is -0.121. The largest absolute Gasteiger partial charge is 0.355 e. The molecule has 0 saturated carbocycles. The molecule has 0 aromatic carbocycles. The minimum atomic E-state index is 0.0995. The van der Waals surface area contributed by atoms with E-state index in [9.17, 15) is 4.79 Å². The van der Waals surface area contributed by atoms with Gasteiger partial charge in [0.1, 0.15) is 0 Å². The number of carbonyl (C=O) groups is 1. The first-order chi connectivity index (χ1) is 7.47. The highest BCUT2D eigenvalue weighted by molar-refractivity contribution is 5.77. The number of hydrogen-bond acceptors (Lipinski definition) is 3. The Bertz CT molecular complexity index is 195. The van der Waals surface area contributed by atoms with Gasteiger partial charge in [0, 0.05) is 12.6 Å². The van der Waals surface area contributed by atoms with Crippen LogP contribution in [0.2, 0.25) is 0 Å². The topological polar surface area (TPSA) is 58.4 Å². The van der Waals surface area contributed by atoms with Crippen molar-refractivity contribution in [2.24, 2.45) is 11.7 Å². The van der Waals surface area contributed by atoms with E-state index in [0.717, 1.165) is 25.9 Å². The van der Waals surface area contributed by atoms with Crippen LogP contribution in [0.4, 0.5) is 0 Å². The second-order valence-corrected chi connectivity index (χ2v) is 4.78. The van der Waals surface area contributed by atoms with Crippen molar-refractivity contribution in [3.05, 3.63) is 0 Å². The van der Waals surface area contributed by atoms with Gasteiger partial charge in [-0.25, -0.2) is 0 Å². The molecule has 1 unspecified atom stereocenters. The summed E-state index contributed by atoms with van der Waals surface area (Å²) in [5.41, 5.74) is 5.95. The number of nitrogens with one attached hydrogen (secondary N) is 1. The zero-order chi connectivity index (χ0) is 12.6. The number of nitrogens with two attached hydrogens (primary N) is 1. The molecule has 0 bridgehead atoms. The SMILES string of the molecule is CCCNC(=O)CN(C)CCC(N)C(C)C. The van der Waals surface area contributed by atoms with E-state index in [-0.39, 0.29) is 11.9 Å². The van der Waals surface area contributed by atoms with Crippen LogP contribution in [0.3, 0.4) is 0 Å². The molecule has 0 aromatic heterocycles.